The van der Waals surface area contributed by atoms with E-state index >= 15 is 0 Å². The Bertz CT molecular complexity index is 282. The van der Waals surface area contributed by atoms with Gasteiger partial charge in [-0.05, 0) is 12.7 Å². The molecule has 0 aromatic carbocycles. The number of unbranched alkanes of at least 4 members (excludes halogenated alkanes) is 1. The largest absolute Gasteiger partial charge is 0.492 e. The molecule has 1 saturated heterocycles. The summed E-state index contributed by atoms with van der Waals surface area (Å²) in [5, 5.41) is 3.15. The van der Waals surface area contributed by atoms with Gasteiger partial charge in [-0.25, -0.2) is 0 Å². The smallest absolute Gasteiger partial charge is 0.139 e. The van der Waals surface area contributed by atoms with Crippen molar-refractivity contribution in [2.24, 2.45) is 4.99 Å². The van der Waals surface area contributed by atoms with E-state index in [4.69, 9.17) is 9.47 Å². The van der Waals surface area contributed by atoms with Gasteiger partial charge in [-0.15, -0.1) is 11.8 Å². The zero-order chi connectivity index (χ0) is 12.5. The first-order chi connectivity index (χ1) is 8.33. The highest BCUT2D eigenvalue weighted by Gasteiger charge is 2.16. The molecule has 0 amide bonds. The van der Waals surface area contributed by atoms with E-state index in [1.807, 2.05) is 13.3 Å². The molecule has 0 unspecified atom stereocenters. The maximum atomic E-state index is 5.63. The number of amidine groups is 1. The molecule has 0 spiro atoms. The Hall–Kier alpha value is -0.680. The lowest BCUT2D eigenvalue weighted by Crippen LogP contribution is -2.25. The summed E-state index contributed by atoms with van der Waals surface area (Å²) in [6.45, 7) is 4.87. The van der Waals surface area contributed by atoms with E-state index in [2.05, 4.69) is 17.2 Å². The quantitative estimate of drug-likeness (QED) is 0.465. The lowest BCUT2D eigenvalue weighted by Gasteiger charge is -2.20. The van der Waals surface area contributed by atoms with Crippen LogP contribution in [-0.4, -0.2) is 45.5 Å². The van der Waals surface area contributed by atoms with Crippen molar-refractivity contribution in [3.05, 3.63) is 10.7 Å². The van der Waals surface area contributed by atoms with Gasteiger partial charge in [-0.1, -0.05) is 13.3 Å². The Labute approximate surface area is 108 Å². The van der Waals surface area contributed by atoms with Crippen molar-refractivity contribution in [3.63, 3.8) is 0 Å². The number of hydrogen-bond donors (Lipinski definition) is 1. The van der Waals surface area contributed by atoms with E-state index in [1.165, 1.54) is 0 Å². The Balaban J connectivity index is 2.77. The van der Waals surface area contributed by atoms with Gasteiger partial charge in [0, 0.05) is 13.6 Å². The van der Waals surface area contributed by atoms with Gasteiger partial charge in [0.25, 0.3) is 0 Å². The highest BCUT2D eigenvalue weighted by atomic mass is 32.2. The van der Waals surface area contributed by atoms with E-state index in [0.717, 1.165) is 35.9 Å². The van der Waals surface area contributed by atoms with Crippen LogP contribution in [0.15, 0.2) is 15.7 Å². The third-order valence-corrected chi connectivity index (χ3v) is 3.26. The minimum atomic E-state index is 0.546. The van der Waals surface area contributed by atoms with E-state index in [1.54, 1.807) is 11.8 Å². The fourth-order valence-corrected chi connectivity index (χ4v) is 2.22. The summed E-state index contributed by atoms with van der Waals surface area (Å²) in [6, 6.07) is 0. The molecule has 4 nitrogen and oxygen atoms in total. The summed E-state index contributed by atoms with van der Waals surface area (Å²) in [6.07, 6.45) is 4.30. The lowest BCUT2D eigenvalue weighted by molar-refractivity contribution is 0.0133. The highest BCUT2D eigenvalue weighted by molar-refractivity contribution is 8.03. The van der Waals surface area contributed by atoms with Crippen LogP contribution in [0.3, 0.4) is 0 Å². The van der Waals surface area contributed by atoms with Crippen LogP contribution < -0.4 is 5.32 Å². The number of aliphatic imine (C=N–C) groups is 1. The predicted molar refractivity (Wildman–Crippen MR) is 73.6 cm³/mol. The molecule has 0 aliphatic carbocycles. The molecule has 0 radical (unpaired) electrons. The molecule has 1 rings (SSSR count). The molecule has 17 heavy (non-hydrogen) atoms. The SMILES string of the molecule is CCCC/N=C(NC)/C(SC)=C1/COCCO1. The van der Waals surface area contributed by atoms with Crippen LogP contribution in [0.25, 0.3) is 0 Å². The van der Waals surface area contributed by atoms with Crippen LogP contribution in [0, 0.1) is 0 Å². The summed E-state index contributed by atoms with van der Waals surface area (Å²) in [5.41, 5.74) is 0. The van der Waals surface area contributed by atoms with Crippen molar-refractivity contribution < 1.29 is 9.47 Å². The summed E-state index contributed by atoms with van der Waals surface area (Å²) in [7, 11) is 1.89. The van der Waals surface area contributed by atoms with Gasteiger partial charge in [-0.2, -0.15) is 0 Å². The first-order valence-electron chi connectivity index (χ1n) is 6.03. The van der Waals surface area contributed by atoms with Gasteiger partial charge in [-0.3, -0.25) is 4.99 Å². The Kier molecular flexibility index (Phi) is 7.12. The molecular formula is C12H22N2O2S. The molecule has 0 aromatic heterocycles. The molecule has 1 heterocycles. The van der Waals surface area contributed by atoms with Gasteiger partial charge in [0.15, 0.2) is 0 Å². The number of thioether (sulfide) groups is 1. The van der Waals surface area contributed by atoms with Gasteiger partial charge < -0.3 is 14.8 Å². The molecule has 0 bridgehead atoms. The van der Waals surface area contributed by atoms with Crippen LogP contribution in [0.2, 0.25) is 0 Å². The van der Waals surface area contributed by atoms with Crippen molar-refractivity contribution in [3.8, 4) is 0 Å². The van der Waals surface area contributed by atoms with Crippen LogP contribution in [0.5, 0.6) is 0 Å². The summed E-state index contributed by atoms with van der Waals surface area (Å²) < 4.78 is 11.0. The van der Waals surface area contributed by atoms with Gasteiger partial charge in [0.2, 0.25) is 0 Å². The molecule has 0 saturated carbocycles. The maximum Gasteiger partial charge on any atom is 0.139 e. The average Bonchev–Trinajstić information content (AvgIpc) is 2.39. The highest BCUT2D eigenvalue weighted by Crippen LogP contribution is 2.21. The second-order valence-corrected chi connectivity index (χ2v) is 4.51. The van der Waals surface area contributed by atoms with Crippen LogP contribution in [0.4, 0.5) is 0 Å². The number of rotatable bonds is 5. The lowest BCUT2D eigenvalue weighted by atomic mass is 10.3. The number of likely N-dealkylation sites (N-methyl/N-ethyl adjacent to an activating group) is 1. The van der Waals surface area contributed by atoms with Crippen LogP contribution >= 0.6 is 11.8 Å². The number of ether oxygens (including phenoxy) is 2. The molecule has 5 heteroatoms. The molecular weight excluding hydrogens is 236 g/mol. The first kappa shape index (κ1) is 14.4. The van der Waals surface area contributed by atoms with Crippen molar-refractivity contribution in [2.75, 3.05) is 39.7 Å². The molecule has 0 aromatic rings. The van der Waals surface area contributed by atoms with Crippen molar-refractivity contribution in [1.29, 1.82) is 0 Å². The molecule has 98 valence electrons. The zero-order valence-electron chi connectivity index (χ0n) is 10.9. The minimum absolute atomic E-state index is 0.546. The van der Waals surface area contributed by atoms with Gasteiger partial charge in [0.05, 0.1) is 11.5 Å². The second-order valence-electron chi connectivity index (χ2n) is 3.69. The molecule has 0 atom stereocenters. The first-order valence-corrected chi connectivity index (χ1v) is 7.26. The molecule has 1 aliphatic rings. The minimum Gasteiger partial charge on any atom is -0.492 e. The van der Waals surface area contributed by atoms with Crippen molar-refractivity contribution in [2.45, 2.75) is 19.8 Å². The monoisotopic (exact) mass is 258 g/mol. The normalized spacial score (nSPS) is 19.8. The standard InChI is InChI=1S/C12H22N2O2S/c1-4-5-6-14-12(13-2)11(17-3)10-9-15-7-8-16-10/h4-9H2,1-3H3,(H,13,14)/b11-10+. The maximum absolute atomic E-state index is 5.63. The fourth-order valence-electron chi connectivity index (χ4n) is 1.52. The van der Waals surface area contributed by atoms with Gasteiger partial charge >= 0.3 is 0 Å². The fraction of sp³-hybridized carbons (Fsp3) is 0.750. The number of nitrogens with zero attached hydrogens (tertiary/aromatic N) is 1. The van der Waals surface area contributed by atoms with Gasteiger partial charge in [0.1, 0.15) is 24.8 Å². The second kappa shape index (κ2) is 8.42. The summed E-state index contributed by atoms with van der Waals surface area (Å²) >= 11 is 1.65. The Morgan fingerprint density at radius 2 is 2.29 bits per heavy atom. The molecule has 1 fully saturated rings. The topological polar surface area (TPSA) is 42.9 Å². The van der Waals surface area contributed by atoms with E-state index in [0.29, 0.717) is 19.8 Å². The third-order valence-electron chi connectivity index (χ3n) is 2.43. The van der Waals surface area contributed by atoms with E-state index in [-0.39, 0.29) is 0 Å². The predicted octanol–water partition coefficient (Wildman–Crippen LogP) is 2.03. The Morgan fingerprint density at radius 3 is 2.82 bits per heavy atom. The van der Waals surface area contributed by atoms with Crippen molar-refractivity contribution in [1.82, 2.24) is 5.32 Å². The molecule has 1 aliphatic heterocycles. The number of hydrogen-bond acceptors (Lipinski definition) is 4. The van der Waals surface area contributed by atoms with Crippen molar-refractivity contribution >= 4 is 17.6 Å². The third kappa shape index (κ3) is 4.60. The van der Waals surface area contributed by atoms with Crippen LogP contribution in [-0.2, 0) is 9.47 Å². The summed E-state index contributed by atoms with van der Waals surface area (Å²) in [4.78, 5) is 5.63. The van der Waals surface area contributed by atoms with E-state index < -0.39 is 0 Å². The van der Waals surface area contributed by atoms with E-state index in [9.17, 15) is 0 Å². The number of nitrogens with one attached hydrogen (secondary N) is 1. The Morgan fingerprint density at radius 1 is 1.47 bits per heavy atom. The average molecular weight is 258 g/mol. The van der Waals surface area contributed by atoms with Crippen LogP contribution in [0.1, 0.15) is 19.8 Å². The summed E-state index contributed by atoms with van der Waals surface area (Å²) in [5.74, 6) is 1.81. The molecule has 1 N–H and O–H groups in total. The zero-order valence-corrected chi connectivity index (χ0v) is 11.7.